The van der Waals surface area contributed by atoms with E-state index in [9.17, 15) is 22.4 Å². The molecule has 0 amide bonds. The lowest BCUT2D eigenvalue weighted by Crippen LogP contribution is -2.47. The Morgan fingerprint density at radius 3 is 1.29 bits per heavy atom. The molecule has 0 bridgehead atoms. The van der Waals surface area contributed by atoms with Crippen LogP contribution in [0.2, 0.25) is 0 Å². The number of carbonyl (C=O) groups excluding carboxylic acids is 1. The van der Waals surface area contributed by atoms with Crippen molar-refractivity contribution in [2.75, 3.05) is 6.61 Å². The third-order valence-electron chi connectivity index (χ3n) is 9.04. The topological polar surface area (TPSA) is 35.5 Å². The number of ether oxygens (including phenoxy) is 2. The van der Waals surface area contributed by atoms with Crippen LogP contribution in [0.15, 0.2) is 133 Å². The first-order chi connectivity index (χ1) is 23.9. The molecule has 3 nitrogen and oxygen atoms in total. The average molecular weight is 693 g/mol. The maximum Gasteiger partial charge on any atom is 0.171 e. The minimum Gasteiger partial charge on any atom is -0.492 e. The zero-order chi connectivity index (χ0) is 33.7. The molecular weight excluding hydrogens is 666 g/mol. The largest absolute Gasteiger partial charge is 0.492 e. The Hall–Kier alpha value is -4.83. The molecule has 8 rings (SSSR count). The molecule has 0 radical (unpaired) electrons. The van der Waals surface area contributed by atoms with E-state index in [0.29, 0.717) is 11.5 Å². The Morgan fingerprint density at radius 2 is 0.898 bits per heavy atom. The van der Waals surface area contributed by atoms with Gasteiger partial charge < -0.3 is 9.47 Å². The number of hydrogen-bond acceptors (Lipinski definition) is 3. The molecule has 0 fully saturated rings. The predicted molar refractivity (Wildman–Crippen MR) is 187 cm³/mol. The molecule has 49 heavy (non-hydrogen) atoms. The normalized spacial score (nSPS) is 17.6. The van der Waals surface area contributed by atoms with E-state index in [2.05, 4.69) is 0 Å². The van der Waals surface area contributed by atoms with E-state index >= 15 is 0 Å². The third kappa shape index (κ3) is 5.33. The molecule has 0 N–H and O–H groups in total. The highest BCUT2D eigenvalue weighted by Crippen LogP contribution is 2.56. The van der Waals surface area contributed by atoms with Crippen LogP contribution in [-0.2, 0) is 10.2 Å². The van der Waals surface area contributed by atoms with Crippen molar-refractivity contribution in [3.63, 3.8) is 0 Å². The van der Waals surface area contributed by atoms with Crippen molar-refractivity contribution >= 4 is 54.0 Å². The van der Waals surface area contributed by atoms with Crippen LogP contribution in [0.25, 0.3) is 0 Å². The Labute approximate surface area is 282 Å². The van der Waals surface area contributed by atoms with E-state index in [1.54, 1.807) is 48.5 Å². The summed E-state index contributed by atoms with van der Waals surface area (Å²) < 4.78 is 69.8. The molecule has 1 spiro atoms. The SMILES string of the molecule is O=C[C@H]1Oc2cccc(P(c3ccc(F)cc3)c3ccc(F)cc3)c2C12COc1cccc(P(c3ccc(F)cc3)c3ccc(F)cc3)c12. The van der Waals surface area contributed by atoms with Gasteiger partial charge in [0.05, 0.1) is 0 Å². The fourth-order valence-corrected chi connectivity index (χ4v) is 12.0. The van der Waals surface area contributed by atoms with E-state index in [1.807, 2.05) is 36.4 Å². The van der Waals surface area contributed by atoms with Crippen molar-refractivity contribution in [2.24, 2.45) is 0 Å². The second-order valence-corrected chi connectivity index (χ2v) is 16.2. The van der Waals surface area contributed by atoms with Gasteiger partial charge in [0.25, 0.3) is 0 Å². The summed E-state index contributed by atoms with van der Waals surface area (Å²) in [6.45, 7) is 0.0960. The summed E-state index contributed by atoms with van der Waals surface area (Å²) in [5.74, 6) is -0.417. The van der Waals surface area contributed by atoms with Crippen LogP contribution in [0.3, 0.4) is 0 Å². The van der Waals surface area contributed by atoms with Gasteiger partial charge in [-0.3, -0.25) is 4.79 Å². The number of halogens is 4. The summed E-state index contributed by atoms with van der Waals surface area (Å²) in [7, 11) is -2.82. The first kappa shape index (κ1) is 31.4. The molecular formula is C40H26F4O3P2. The van der Waals surface area contributed by atoms with E-state index in [1.165, 1.54) is 48.5 Å². The maximum absolute atomic E-state index is 14.2. The number of aldehydes is 1. The molecule has 0 saturated carbocycles. The average Bonchev–Trinajstić information content (AvgIpc) is 3.67. The summed E-state index contributed by atoms with van der Waals surface area (Å²) in [5, 5.41) is 5.02. The monoisotopic (exact) mass is 692 g/mol. The minimum absolute atomic E-state index is 0.0960. The van der Waals surface area contributed by atoms with Crippen LogP contribution in [0, 0.1) is 23.3 Å². The second kappa shape index (κ2) is 12.6. The van der Waals surface area contributed by atoms with Gasteiger partial charge in [-0.25, -0.2) is 17.6 Å². The summed E-state index contributed by atoms with van der Waals surface area (Å²) >= 11 is 0. The lowest BCUT2D eigenvalue weighted by Gasteiger charge is -2.33. The van der Waals surface area contributed by atoms with Gasteiger partial charge >= 0.3 is 0 Å². The van der Waals surface area contributed by atoms with Crippen molar-refractivity contribution < 1.29 is 31.8 Å². The lowest BCUT2D eigenvalue weighted by atomic mass is 9.73. The first-order valence-corrected chi connectivity index (χ1v) is 18.2. The fourth-order valence-electron chi connectivity index (χ4n) is 6.95. The minimum atomic E-state index is -1.41. The van der Waals surface area contributed by atoms with Crippen LogP contribution in [-0.4, -0.2) is 19.0 Å². The van der Waals surface area contributed by atoms with Crippen molar-refractivity contribution in [1.29, 1.82) is 0 Å². The molecule has 0 saturated heterocycles. The molecule has 6 aromatic rings. The van der Waals surface area contributed by atoms with Crippen molar-refractivity contribution in [3.8, 4) is 11.5 Å². The van der Waals surface area contributed by atoms with Gasteiger partial charge in [-0.05, 0) is 108 Å². The van der Waals surface area contributed by atoms with Gasteiger partial charge in [-0.2, -0.15) is 0 Å². The quantitative estimate of drug-likeness (QED) is 0.111. The highest BCUT2D eigenvalue weighted by Gasteiger charge is 2.58. The van der Waals surface area contributed by atoms with E-state index in [4.69, 9.17) is 9.47 Å². The van der Waals surface area contributed by atoms with Crippen LogP contribution in [0.5, 0.6) is 11.5 Å². The smallest absolute Gasteiger partial charge is 0.171 e. The zero-order valence-corrected chi connectivity index (χ0v) is 27.5. The van der Waals surface area contributed by atoms with Crippen molar-refractivity contribution in [2.45, 2.75) is 11.5 Å². The van der Waals surface area contributed by atoms with Gasteiger partial charge in [0.15, 0.2) is 12.4 Å². The molecule has 242 valence electrons. The predicted octanol–water partition coefficient (Wildman–Crippen LogP) is 6.40. The summed E-state index contributed by atoms with van der Waals surface area (Å²) in [6, 6.07) is 36.5. The number of rotatable bonds is 7. The molecule has 2 aliphatic rings. The highest BCUT2D eigenvalue weighted by atomic mass is 31.1. The Kier molecular flexibility index (Phi) is 8.06. The van der Waals surface area contributed by atoms with Gasteiger partial charge in [0.2, 0.25) is 0 Å². The van der Waals surface area contributed by atoms with E-state index in [-0.39, 0.29) is 29.9 Å². The highest BCUT2D eigenvalue weighted by molar-refractivity contribution is 7.80. The maximum atomic E-state index is 14.2. The van der Waals surface area contributed by atoms with Gasteiger partial charge in [0, 0.05) is 11.1 Å². The molecule has 2 atom stereocenters. The summed E-state index contributed by atoms with van der Waals surface area (Å²) in [6.07, 6.45) is -0.169. The standard InChI is InChI=1S/C40H26F4O3P2/c41-25-7-15-29(16-8-25)48(30-17-9-26(42)10-18-30)35-5-1-3-33-38(35)40(24-46-33)37(23-45)47-34-4-2-6-36(39(34)40)49(31-19-11-27(43)12-20-31)32-21-13-28(44)14-22-32/h1-23,37H,24H2/t37-,40?/m1/s1. The Morgan fingerprint density at radius 1 is 0.531 bits per heavy atom. The molecule has 1 unspecified atom stereocenters. The van der Waals surface area contributed by atoms with Crippen LogP contribution in [0.1, 0.15) is 11.1 Å². The lowest BCUT2D eigenvalue weighted by molar-refractivity contribution is -0.115. The number of hydrogen-bond donors (Lipinski definition) is 0. The molecule has 2 aliphatic heterocycles. The van der Waals surface area contributed by atoms with Crippen LogP contribution >= 0.6 is 15.8 Å². The van der Waals surface area contributed by atoms with Gasteiger partial charge in [0.1, 0.15) is 46.8 Å². The van der Waals surface area contributed by atoms with Crippen molar-refractivity contribution in [3.05, 3.63) is 168 Å². The van der Waals surface area contributed by atoms with Gasteiger partial charge in [-0.15, -0.1) is 0 Å². The third-order valence-corrected chi connectivity index (χ3v) is 14.0. The molecule has 2 heterocycles. The van der Waals surface area contributed by atoms with E-state index in [0.717, 1.165) is 49.2 Å². The molecule has 9 heteroatoms. The van der Waals surface area contributed by atoms with Crippen LogP contribution < -0.4 is 41.3 Å². The van der Waals surface area contributed by atoms with Crippen LogP contribution in [0.4, 0.5) is 17.6 Å². The zero-order valence-electron chi connectivity index (χ0n) is 25.7. The first-order valence-electron chi connectivity index (χ1n) is 15.5. The van der Waals surface area contributed by atoms with Gasteiger partial charge in [-0.1, -0.05) is 72.8 Å². The Balaban J connectivity index is 1.40. The molecule has 0 aliphatic carbocycles. The number of fused-ring (bicyclic) bond motifs is 4. The van der Waals surface area contributed by atoms with Crippen molar-refractivity contribution in [1.82, 2.24) is 0 Å². The summed E-state index contributed by atoms with van der Waals surface area (Å²) in [4.78, 5) is 13.1. The second-order valence-electron chi connectivity index (χ2n) is 11.8. The fraction of sp³-hybridized carbons (Fsp3) is 0.0750. The molecule has 6 aromatic carbocycles. The number of benzene rings is 6. The molecule has 0 aromatic heterocycles. The van der Waals surface area contributed by atoms with E-state index < -0.39 is 27.4 Å². The Bertz CT molecular complexity index is 1970. The summed E-state index contributed by atoms with van der Waals surface area (Å²) in [5.41, 5.74) is 0.429. The number of carbonyl (C=O) groups is 1.